The van der Waals surface area contributed by atoms with Crippen LogP contribution in [0.25, 0.3) is 10.6 Å². The number of likely N-dealkylation sites (tertiary alicyclic amines) is 1. The first-order valence-corrected chi connectivity index (χ1v) is 11.2. The molecule has 1 saturated heterocycles. The molecular weight excluding hydrogens is 394 g/mol. The molecule has 0 bridgehead atoms. The number of rotatable bonds is 7. The summed E-state index contributed by atoms with van der Waals surface area (Å²) in [7, 11) is 0. The molecule has 0 saturated carbocycles. The van der Waals surface area contributed by atoms with Gasteiger partial charge < -0.3 is 10.1 Å². The Labute approximate surface area is 181 Å². The van der Waals surface area contributed by atoms with Crippen LogP contribution >= 0.6 is 11.3 Å². The van der Waals surface area contributed by atoms with Gasteiger partial charge in [0.2, 0.25) is 0 Å². The summed E-state index contributed by atoms with van der Waals surface area (Å²) in [6.45, 7) is 7.32. The highest BCUT2D eigenvalue weighted by Crippen LogP contribution is 2.29. The van der Waals surface area contributed by atoms with Gasteiger partial charge >= 0.3 is 0 Å². The van der Waals surface area contributed by atoms with Gasteiger partial charge in [-0.3, -0.25) is 9.69 Å². The van der Waals surface area contributed by atoms with Gasteiger partial charge in [0.05, 0.1) is 12.3 Å². The van der Waals surface area contributed by atoms with Crippen molar-refractivity contribution in [3.63, 3.8) is 0 Å². The third-order valence-electron chi connectivity index (χ3n) is 5.27. The van der Waals surface area contributed by atoms with Crippen molar-refractivity contribution in [2.75, 3.05) is 19.7 Å². The number of amides is 1. The van der Waals surface area contributed by atoms with Gasteiger partial charge in [-0.2, -0.15) is 0 Å². The Bertz CT molecular complexity index is 985. The van der Waals surface area contributed by atoms with Crippen LogP contribution in [0, 0.1) is 6.92 Å². The third-order valence-corrected chi connectivity index (χ3v) is 6.48. The summed E-state index contributed by atoms with van der Waals surface area (Å²) in [5.41, 5.74) is 3.09. The molecule has 0 aliphatic carbocycles. The molecule has 0 spiro atoms. The van der Waals surface area contributed by atoms with E-state index >= 15 is 0 Å². The second kappa shape index (κ2) is 9.41. The highest BCUT2D eigenvalue weighted by atomic mass is 32.1. The molecule has 1 amide bonds. The van der Waals surface area contributed by atoms with Crippen molar-refractivity contribution in [2.45, 2.75) is 32.9 Å². The van der Waals surface area contributed by atoms with Crippen molar-refractivity contribution in [3.05, 3.63) is 70.7 Å². The molecule has 5 nitrogen and oxygen atoms in total. The molecule has 2 heterocycles. The van der Waals surface area contributed by atoms with Gasteiger partial charge in [-0.05, 0) is 50.1 Å². The molecule has 1 aliphatic heterocycles. The van der Waals surface area contributed by atoms with Gasteiger partial charge in [0.15, 0.2) is 0 Å². The maximum absolute atomic E-state index is 12.9. The molecule has 1 fully saturated rings. The Morgan fingerprint density at radius 1 is 1.20 bits per heavy atom. The molecule has 1 N–H and O–H groups in total. The smallest absolute Gasteiger partial charge is 0.263 e. The molecule has 1 aromatic heterocycles. The lowest BCUT2D eigenvalue weighted by atomic mass is 10.2. The number of aryl methyl sites for hydroxylation is 1. The largest absolute Gasteiger partial charge is 0.494 e. The van der Waals surface area contributed by atoms with E-state index in [2.05, 4.69) is 39.5 Å². The zero-order chi connectivity index (χ0) is 20.9. The maximum atomic E-state index is 12.9. The fourth-order valence-corrected chi connectivity index (χ4v) is 4.75. The lowest BCUT2D eigenvalue weighted by Crippen LogP contribution is -2.36. The second-order valence-electron chi connectivity index (χ2n) is 7.57. The molecule has 30 heavy (non-hydrogen) atoms. The summed E-state index contributed by atoms with van der Waals surface area (Å²) < 4.78 is 5.50. The van der Waals surface area contributed by atoms with Gasteiger partial charge in [-0.25, -0.2) is 4.98 Å². The number of aromatic nitrogens is 1. The van der Waals surface area contributed by atoms with Gasteiger partial charge in [-0.15, -0.1) is 11.3 Å². The third kappa shape index (κ3) is 4.89. The van der Waals surface area contributed by atoms with Gasteiger partial charge in [-0.1, -0.05) is 30.3 Å². The van der Waals surface area contributed by atoms with E-state index in [4.69, 9.17) is 4.74 Å². The molecule has 0 radical (unpaired) electrons. The molecule has 1 atom stereocenters. The summed E-state index contributed by atoms with van der Waals surface area (Å²) in [6.07, 6.45) is 0.974. The lowest BCUT2D eigenvalue weighted by molar-refractivity contribution is 0.0941. The SMILES string of the molecule is CCOc1ccc(-c2nc(C)c(C(=O)NC3CCN(Cc4ccccc4)C3)s2)cc1. The van der Waals surface area contributed by atoms with Crippen LogP contribution in [0.4, 0.5) is 0 Å². The summed E-state index contributed by atoms with van der Waals surface area (Å²) in [6, 6.07) is 18.5. The number of nitrogens with zero attached hydrogens (tertiary/aromatic N) is 2. The molecule has 3 aromatic rings. The van der Waals surface area contributed by atoms with Gasteiger partial charge in [0, 0.05) is 31.2 Å². The quantitative estimate of drug-likeness (QED) is 0.609. The molecule has 1 aliphatic rings. The van der Waals surface area contributed by atoms with E-state index in [1.807, 2.05) is 44.2 Å². The van der Waals surface area contributed by atoms with Crippen LogP contribution in [0.3, 0.4) is 0 Å². The Morgan fingerprint density at radius 3 is 2.70 bits per heavy atom. The molecule has 2 aromatic carbocycles. The Kier molecular flexibility index (Phi) is 6.45. The van der Waals surface area contributed by atoms with E-state index < -0.39 is 0 Å². The van der Waals surface area contributed by atoms with E-state index in [9.17, 15) is 4.79 Å². The van der Waals surface area contributed by atoms with Crippen LogP contribution < -0.4 is 10.1 Å². The molecule has 1 unspecified atom stereocenters. The molecular formula is C24H27N3O2S. The van der Waals surface area contributed by atoms with Crippen LogP contribution in [0.15, 0.2) is 54.6 Å². The van der Waals surface area contributed by atoms with Crippen molar-refractivity contribution >= 4 is 17.2 Å². The predicted molar refractivity (Wildman–Crippen MR) is 121 cm³/mol. The summed E-state index contributed by atoms with van der Waals surface area (Å²) in [5.74, 6) is 0.822. The van der Waals surface area contributed by atoms with Crippen molar-refractivity contribution in [1.29, 1.82) is 0 Å². The number of nitrogens with one attached hydrogen (secondary N) is 1. The van der Waals surface area contributed by atoms with E-state index in [1.54, 1.807) is 0 Å². The fraction of sp³-hybridized carbons (Fsp3) is 0.333. The molecule has 6 heteroatoms. The number of thiazole rings is 1. The molecule has 4 rings (SSSR count). The average molecular weight is 422 g/mol. The van der Waals surface area contributed by atoms with Gasteiger partial charge in [0.1, 0.15) is 15.6 Å². The van der Waals surface area contributed by atoms with Crippen LogP contribution in [-0.4, -0.2) is 41.5 Å². The topological polar surface area (TPSA) is 54.5 Å². The predicted octanol–water partition coefficient (Wildman–Crippen LogP) is 4.52. The molecule has 156 valence electrons. The van der Waals surface area contributed by atoms with Crippen LogP contribution in [0.5, 0.6) is 5.75 Å². The summed E-state index contributed by atoms with van der Waals surface area (Å²) >= 11 is 1.45. The number of hydrogen-bond acceptors (Lipinski definition) is 5. The monoisotopic (exact) mass is 421 g/mol. The maximum Gasteiger partial charge on any atom is 0.263 e. The van der Waals surface area contributed by atoms with E-state index in [1.165, 1.54) is 16.9 Å². The van der Waals surface area contributed by atoms with Crippen molar-refractivity contribution in [3.8, 4) is 16.3 Å². The zero-order valence-electron chi connectivity index (χ0n) is 17.4. The first-order chi connectivity index (χ1) is 14.6. The number of hydrogen-bond donors (Lipinski definition) is 1. The minimum absolute atomic E-state index is 0.0197. The van der Waals surface area contributed by atoms with E-state index in [-0.39, 0.29) is 11.9 Å². The number of benzene rings is 2. The Hall–Kier alpha value is -2.70. The Morgan fingerprint density at radius 2 is 1.97 bits per heavy atom. The average Bonchev–Trinajstić information content (AvgIpc) is 3.36. The first-order valence-electron chi connectivity index (χ1n) is 10.4. The zero-order valence-corrected chi connectivity index (χ0v) is 18.2. The van der Waals surface area contributed by atoms with Crippen molar-refractivity contribution in [1.82, 2.24) is 15.2 Å². The summed E-state index contributed by atoms with van der Waals surface area (Å²) in [4.78, 5) is 20.6. The summed E-state index contributed by atoms with van der Waals surface area (Å²) in [5, 5.41) is 4.07. The van der Waals surface area contributed by atoms with Gasteiger partial charge in [0.25, 0.3) is 5.91 Å². The van der Waals surface area contributed by atoms with E-state index in [0.29, 0.717) is 11.5 Å². The minimum atomic E-state index is -0.0197. The highest BCUT2D eigenvalue weighted by Gasteiger charge is 2.26. The second-order valence-corrected chi connectivity index (χ2v) is 8.57. The minimum Gasteiger partial charge on any atom is -0.494 e. The number of carbonyl (C=O) groups excluding carboxylic acids is 1. The number of carbonyl (C=O) groups is 1. The normalized spacial score (nSPS) is 16.5. The van der Waals surface area contributed by atoms with Crippen LogP contribution in [0.2, 0.25) is 0 Å². The van der Waals surface area contributed by atoms with Crippen molar-refractivity contribution < 1.29 is 9.53 Å². The van der Waals surface area contributed by atoms with Crippen molar-refractivity contribution in [2.24, 2.45) is 0 Å². The lowest BCUT2D eigenvalue weighted by Gasteiger charge is -2.16. The highest BCUT2D eigenvalue weighted by molar-refractivity contribution is 7.17. The first kappa shape index (κ1) is 20.6. The van der Waals surface area contributed by atoms with E-state index in [0.717, 1.165) is 48.1 Å². The van der Waals surface area contributed by atoms with Crippen LogP contribution in [-0.2, 0) is 6.54 Å². The number of ether oxygens (including phenoxy) is 1. The van der Waals surface area contributed by atoms with Crippen LogP contribution in [0.1, 0.15) is 34.3 Å². The fourth-order valence-electron chi connectivity index (χ4n) is 3.78. The standard InChI is InChI=1S/C24H27N3O2S/c1-3-29-21-11-9-19(10-12-21)24-25-17(2)22(30-24)23(28)26-20-13-14-27(16-20)15-18-7-5-4-6-8-18/h4-12,20H,3,13-16H2,1-2H3,(H,26,28). The Balaban J connectivity index is 1.37.